The van der Waals surface area contributed by atoms with Gasteiger partial charge in [0.2, 0.25) is 10.0 Å². The number of sulfonamides is 1. The molecule has 112 valence electrons. The standard InChI is InChI=1S/C12H16FNO4S2/c13-11-1-3-12(4-2-11)20(17,18)14-7-5-10-6-8-19(15,16)9-10/h1-4,10,14H,5-9H2. The van der Waals surface area contributed by atoms with E-state index in [1.165, 1.54) is 12.1 Å². The molecule has 1 aliphatic rings. The minimum absolute atomic E-state index is 0.00190. The summed E-state index contributed by atoms with van der Waals surface area (Å²) in [5.74, 6) is -0.177. The Balaban J connectivity index is 1.89. The van der Waals surface area contributed by atoms with Crippen LogP contribution in [0.5, 0.6) is 0 Å². The third-order valence-corrected chi connectivity index (χ3v) is 6.61. The van der Waals surface area contributed by atoms with Crippen molar-refractivity contribution < 1.29 is 21.2 Å². The van der Waals surface area contributed by atoms with Crippen LogP contribution in [0.1, 0.15) is 12.8 Å². The van der Waals surface area contributed by atoms with Gasteiger partial charge in [0, 0.05) is 6.54 Å². The van der Waals surface area contributed by atoms with Gasteiger partial charge < -0.3 is 0 Å². The van der Waals surface area contributed by atoms with Gasteiger partial charge in [-0.25, -0.2) is 25.9 Å². The number of benzene rings is 1. The minimum atomic E-state index is -3.66. The lowest BCUT2D eigenvalue weighted by Gasteiger charge is -2.09. The van der Waals surface area contributed by atoms with E-state index in [-0.39, 0.29) is 28.9 Å². The van der Waals surface area contributed by atoms with Gasteiger partial charge >= 0.3 is 0 Å². The van der Waals surface area contributed by atoms with Crippen molar-refractivity contribution in [3.05, 3.63) is 30.1 Å². The molecule has 1 heterocycles. The summed E-state index contributed by atoms with van der Waals surface area (Å²) in [6.45, 7) is 0.180. The highest BCUT2D eigenvalue weighted by molar-refractivity contribution is 7.91. The summed E-state index contributed by atoms with van der Waals surface area (Å²) in [4.78, 5) is -0.00190. The quantitative estimate of drug-likeness (QED) is 0.875. The molecule has 8 heteroatoms. The van der Waals surface area contributed by atoms with E-state index in [0.29, 0.717) is 12.8 Å². The summed E-state index contributed by atoms with van der Waals surface area (Å²) in [5, 5.41) is 0. The number of rotatable bonds is 5. The van der Waals surface area contributed by atoms with Crippen molar-refractivity contribution in [3.63, 3.8) is 0 Å². The van der Waals surface area contributed by atoms with Gasteiger partial charge in [0.15, 0.2) is 9.84 Å². The fourth-order valence-electron chi connectivity index (χ4n) is 2.19. The Morgan fingerprint density at radius 3 is 2.45 bits per heavy atom. The molecule has 0 radical (unpaired) electrons. The van der Waals surface area contributed by atoms with Crippen LogP contribution in [-0.2, 0) is 19.9 Å². The Morgan fingerprint density at radius 2 is 1.90 bits per heavy atom. The molecule has 1 unspecified atom stereocenters. The molecule has 1 N–H and O–H groups in total. The molecular weight excluding hydrogens is 305 g/mol. The van der Waals surface area contributed by atoms with Crippen LogP contribution in [-0.4, -0.2) is 34.9 Å². The zero-order valence-electron chi connectivity index (χ0n) is 10.7. The summed E-state index contributed by atoms with van der Waals surface area (Å²) in [6, 6.07) is 4.55. The zero-order chi connectivity index (χ0) is 14.8. The van der Waals surface area contributed by atoms with Gasteiger partial charge in [0.1, 0.15) is 5.82 Å². The van der Waals surface area contributed by atoms with Gasteiger partial charge in [-0.05, 0) is 43.0 Å². The van der Waals surface area contributed by atoms with Crippen LogP contribution < -0.4 is 4.72 Å². The van der Waals surface area contributed by atoms with Gasteiger partial charge in [-0.15, -0.1) is 0 Å². The third kappa shape index (κ3) is 4.00. The van der Waals surface area contributed by atoms with Gasteiger partial charge in [0.05, 0.1) is 16.4 Å². The number of sulfone groups is 1. The van der Waals surface area contributed by atoms with Crippen molar-refractivity contribution in [3.8, 4) is 0 Å². The Morgan fingerprint density at radius 1 is 1.25 bits per heavy atom. The highest BCUT2D eigenvalue weighted by Gasteiger charge is 2.27. The fraction of sp³-hybridized carbons (Fsp3) is 0.500. The summed E-state index contributed by atoms with van der Waals surface area (Å²) < 4.78 is 61.5. The lowest BCUT2D eigenvalue weighted by molar-refractivity contribution is 0.527. The first-order valence-corrected chi connectivity index (χ1v) is 9.55. The van der Waals surface area contributed by atoms with Crippen molar-refractivity contribution in [1.82, 2.24) is 4.72 Å². The van der Waals surface area contributed by atoms with Crippen LogP contribution in [0.3, 0.4) is 0 Å². The van der Waals surface area contributed by atoms with Crippen molar-refractivity contribution in [2.45, 2.75) is 17.7 Å². The lowest BCUT2D eigenvalue weighted by atomic mass is 10.1. The molecule has 2 rings (SSSR count). The van der Waals surface area contributed by atoms with Crippen LogP contribution in [0.25, 0.3) is 0 Å². The van der Waals surface area contributed by atoms with E-state index in [0.717, 1.165) is 12.1 Å². The van der Waals surface area contributed by atoms with E-state index >= 15 is 0 Å². The van der Waals surface area contributed by atoms with Crippen LogP contribution in [0, 0.1) is 11.7 Å². The lowest BCUT2D eigenvalue weighted by Crippen LogP contribution is -2.26. The Bertz CT molecular complexity index is 668. The highest BCUT2D eigenvalue weighted by Crippen LogP contribution is 2.21. The number of nitrogens with one attached hydrogen (secondary N) is 1. The van der Waals surface area contributed by atoms with E-state index in [9.17, 15) is 21.2 Å². The Labute approximate surface area is 118 Å². The third-order valence-electron chi connectivity index (χ3n) is 3.30. The first kappa shape index (κ1) is 15.4. The van der Waals surface area contributed by atoms with Crippen LogP contribution in [0.15, 0.2) is 29.2 Å². The predicted octanol–water partition coefficient (Wildman–Crippen LogP) is 0.929. The molecule has 1 atom stereocenters. The average molecular weight is 321 g/mol. The molecule has 0 bridgehead atoms. The van der Waals surface area contributed by atoms with Crippen molar-refractivity contribution in [2.75, 3.05) is 18.1 Å². The summed E-state index contributed by atoms with van der Waals surface area (Å²) in [7, 11) is -6.60. The maximum Gasteiger partial charge on any atom is 0.240 e. The normalized spacial score (nSPS) is 21.9. The second-order valence-electron chi connectivity index (χ2n) is 4.91. The van der Waals surface area contributed by atoms with E-state index in [1.807, 2.05) is 0 Å². The molecule has 0 aliphatic carbocycles. The first-order chi connectivity index (χ1) is 9.28. The van der Waals surface area contributed by atoms with E-state index in [4.69, 9.17) is 0 Å². The highest BCUT2D eigenvalue weighted by atomic mass is 32.2. The van der Waals surface area contributed by atoms with Crippen LogP contribution >= 0.6 is 0 Å². The zero-order valence-corrected chi connectivity index (χ0v) is 12.4. The van der Waals surface area contributed by atoms with Gasteiger partial charge in [-0.3, -0.25) is 0 Å². The maximum atomic E-state index is 12.7. The van der Waals surface area contributed by atoms with E-state index in [1.54, 1.807) is 0 Å². The molecule has 5 nitrogen and oxygen atoms in total. The molecule has 0 aromatic heterocycles. The summed E-state index contributed by atoms with van der Waals surface area (Å²) in [6.07, 6.45) is 1.07. The number of halogens is 1. The predicted molar refractivity (Wildman–Crippen MR) is 73.0 cm³/mol. The van der Waals surface area contributed by atoms with Crippen LogP contribution in [0.2, 0.25) is 0 Å². The molecule has 0 saturated carbocycles. The number of hydrogen-bond acceptors (Lipinski definition) is 4. The Kier molecular flexibility index (Phi) is 4.46. The maximum absolute atomic E-state index is 12.7. The molecule has 20 heavy (non-hydrogen) atoms. The average Bonchev–Trinajstić information content (AvgIpc) is 2.69. The second-order valence-corrected chi connectivity index (χ2v) is 8.91. The molecule has 1 saturated heterocycles. The smallest absolute Gasteiger partial charge is 0.229 e. The summed E-state index contributed by atoms with van der Waals surface area (Å²) >= 11 is 0. The SMILES string of the molecule is O=S1(=O)CCC(CCNS(=O)(=O)c2ccc(F)cc2)C1. The van der Waals surface area contributed by atoms with Crippen molar-refractivity contribution in [1.29, 1.82) is 0 Å². The fourth-order valence-corrected chi connectivity index (χ4v) is 5.15. The molecule has 0 amide bonds. The molecule has 1 aliphatic heterocycles. The monoisotopic (exact) mass is 321 g/mol. The topological polar surface area (TPSA) is 80.3 Å². The molecule has 1 fully saturated rings. The Hall–Kier alpha value is -0.990. The molecule has 0 spiro atoms. The van der Waals surface area contributed by atoms with Gasteiger partial charge in [0.25, 0.3) is 0 Å². The molecular formula is C12H16FNO4S2. The summed E-state index contributed by atoms with van der Waals surface area (Å²) in [5.41, 5.74) is 0. The second kappa shape index (κ2) is 5.79. The largest absolute Gasteiger partial charge is 0.240 e. The van der Waals surface area contributed by atoms with E-state index < -0.39 is 25.7 Å². The molecule has 1 aromatic rings. The van der Waals surface area contributed by atoms with Crippen molar-refractivity contribution >= 4 is 19.9 Å². The number of hydrogen-bond donors (Lipinski definition) is 1. The van der Waals surface area contributed by atoms with Crippen LogP contribution in [0.4, 0.5) is 4.39 Å². The van der Waals surface area contributed by atoms with Gasteiger partial charge in [-0.2, -0.15) is 0 Å². The minimum Gasteiger partial charge on any atom is -0.229 e. The molecule has 1 aromatic carbocycles. The van der Waals surface area contributed by atoms with E-state index in [2.05, 4.69) is 4.72 Å². The van der Waals surface area contributed by atoms with Gasteiger partial charge in [-0.1, -0.05) is 0 Å². The van der Waals surface area contributed by atoms with Crippen molar-refractivity contribution in [2.24, 2.45) is 5.92 Å². The first-order valence-electron chi connectivity index (χ1n) is 6.24.